The summed E-state index contributed by atoms with van der Waals surface area (Å²) in [7, 11) is 0. The van der Waals surface area contributed by atoms with E-state index in [1.54, 1.807) is 6.20 Å². The second kappa shape index (κ2) is 4.03. The number of nitrogens with zero attached hydrogens (tertiary/aromatic N) is 3. The van der Waals surface area contributed by atoms with Gasteiger partial charge in [-0.25, -0.2) is 9.97 Å². The molecule has 0 saturated heterocycles. The first-order valence-electron chi connectivity index (χ1n) is 5.55. The van der Waals surface area contributed by atoms with Gasteiger partial charge in [0.05, 0.1) is 11.4 Å². The Balaban J connectivity index is 2.26. The standard InChI is InChI=1S/C12H13N5/c13-4-2-10-11(9-3-6-14-8-9)16-12-15-5-1-7-17(10)12/h1,3,5-8,14H,2,4,13H2. The normalized spacial score (nSPS) is 11.1. The van der Waals surface area contributed by atoms with Crippen molar-refractivity contribution < 1.29 is 0 Å². The van der Waals surface area contributed by atoms with Gasteiger partial charge in [-0.15, -0.1) is 0 Å². The molecule has 0 unspecified atom stereocenters. The van der Waals surface area contributed by atoms with Crippen LogP contribution in [-0.4, -0.2) is 25.9 Å². The molecule has 0 saturated carbocycles. The quantitative estimate of drug-likeness (QED) is 0.706. The number of hydrogen-bond donors (Lipinski definition) is 2. The zero-order valence-corrected chi connectivity index (χ0v) is 9.30. The summed E-state index contributed by atoms with van der Waals surface area (Å²) in [6.45, 7) is 0.597. The highest BCUT2D eigenvalue weighted by Crippen LogP contribution is 2.23. The van der Waals surface area contributed by atoms with Gasteiger partial charge in [-0.1, -0.05) is 0 Å². The Morgan fingerprint density at radius 3 is 3.12 bits per heavy atom. The lowest BCUT2D eigenvalue weighted by Crippen LogP contribution is -2.06. The minimum absolute atomic E-state index is 0.597. The van der Waals surface area contributed by atoms with Crippen molar-refractivity contribution >= 4 is 5.78 Å². The molecule has 0 radical (unpaired) electrons. The van der Waals surface area contributed by atoms with E-state index in [-0.39, 0.29) is 0 Å². The van der Waals surface area contributed by atoms with Crippen LogP contribution in [0.2, 0.25) is 0 Å². The summed E-state index contributed by atoms with van der Waals surface area (Å²) in [4.78, 5) is 11.8. The van der Waals surface area contributed by atoms with Crippen LogP contribution in [0.15, 0.2) is 36.9 Å². The van der Waals surface area contributed by atoms with Crippen LogP contribution in [0.1, 0.15) is 5.69 Å². The molecule has 0 aliphatic carbocycles. The Morgan fingerprint density at radius 1 is 1.41 bits per heavy atom. The van der Waals surface area contributed by atoms with E-state index in [0.29, 0.717) is 12.3 Å². The summed E-state index contributed by atoms with van der Waals surface area (Å²) in [6, 6.07) is 3.90. The summed E-state index contributed by atoms with van der Waals surface area (Å²) in [5, 5.41) is 0. The Labute approximate surface area is 98.3 Å². The van der Waals surface area contributed by atoms with Crippen molar-refractivity contribution in [1.82, 2.24) is 19.4 Å². The number of aromatic nitrogens is 4. The third-order valence-corrected chi connectivity index (χ3v) is 2.76. The lowest BCUT2D eigenvalue weighted by atomic mass is 10.1. The molecule has 5 heteroatoms. The Bertz CT molecular complexity index is 623. The number of rotatable bonds is 3. The first kappa shape index (κ1) is 10.0. The fraction of sp³-hybridized carbons (Fsp3) is 0.167. The second-order valence-electron chi connectivity index (χ2n) is 3.84. The number of aromatic amines is 1. The number of H-pyrrole nitrogens is 1. The average molecular weight is 227 g/mol. The van der Waals surface area contributed by atoms with Gasteiger partial charge in [0.15, 0.2) is 0 Å². The topological polar surface area (TPSA) is 72.0 Å². The van der Waals surface area contributed by atoms with Gasteiger partial charge in [-0.2, -0.15) is 0 Å². The molecule has 0 amide bonds. The largest absolute Gasteiger partial charge is 0.367 e. The molecule has 17 heavy (non-hydrogen) atoms. The number of fused-ring (bicyclic) bond motifs is 1. The van der Waals surface area contributed by atoms with Crippen molar-refractivity contribution in [2.75, 3.05) is 6.54 Å². The predicted octanol–water partition coefficient (Wildman–Crippen LogP) is 1.23. The summed E-state index contributed by atoms with van der Waals surface area (Å²) in [5.41, 5.74) is 8.79. The van der Waals surface area contributed by atoms with Gasteiger partial charge < -0.3 is 10.7 Å². The molecule has 0 aromatic carbocycles. The third-order valence-electron chi connectivity index (χ3n) is 2.76. The summed E-state index contributed by atoms with van der Waals surface area (Å²) in [6.07, 6.45) is 8.32. The third kappa shape index (κ3) is 1.60. The average Bonchev–Trinajstić information content (AvgIpc) is 2.97. The van der Waals surface area contributed by atoms with Gasteiger partial charge in [0.2, 0.25) is 5.78 Å². The molecule has 3 rings (SSSR count). The molecule has 5 nitrogen and oxygen atoms in total. The van der Waals surface area contributed by atoms with Gasteiger partial charge in [0.1, 0.15) is 0 Å². The van der Waals surface area contributed by atoms with Crippen LogP contribution in [-0.2, 0) is 6.42 Å². The fourth-order valence-corrected chi connectivity index (χ4v) is 2.01. The van der Waals surface area contributed by atoms with E-state index in [0.717, 1.165) is 23.4 Å². The fourth-order valence-electron chi connectivity index (χ4n) is 2.01. The lowest BCUT2D eigenvalue weighted by molar-refractivity contribution is 0.901. The minimum Gasteiger partial charge on any atom is -0.367 e. The molecular formula is C12H13N5. The number of nitrogens with two attached hydrogens (primary N) is 1. The van der Waals surface area contributed by atoms with Crippen LogP contribution in [0, 0.1) is 0 Å². The second-order valence-corrected chi connectivity index (χ2v) is 3.84. The molecule has 3 aromatic heterocycles. The summed E-state index contributed by atoms with van der Waals surface area (Å²) < 4.78 is 2.00. The molecule has 0 aliphatic rings. The number of nitrogens with one attached hydrogen (secondary N) is 1. The maximum atomic E-state index is 5.66. The van der Waals surface area contributed by atoms with Gasteiger partial charge in [-0.05, 0) is 18.7 Å². The maximum Gasteiger partial charge on any atom is 0.234 e. The number of imidazole rings is 1. The van der Waals surface area contributed by atoms with Crippen LogP contribution in [0.25, 0.3) is 17.0 Å². The highest BCUT2D eigenvalue weighted by atomic mass is 15.1. The minimum atomic E-state index is 0.597. The predicted molar refractivity (Wildman–Crippen MR) is 65.5 cm³/mol. The van der Waals surface area contributed by atoms with E-state index in [4.69, 9.17) is 5.73 Å². The van der Waals surface area contributed by atoms with Crippen LogP contribution >= 0.6 is 0 Å². The molecule has 0 fully saturated rings. The van der Waals surface area contributed by atoms with Crippen molar-refractivity contribution in [1.29, 1.82) is 0 Å². The van der Waals surface area contributed by atoms with Crippen molar-refractivity contribution in [3.05, 3.63) is 42.6 Å². The SMILES string of the molecule is NCCc1c(-c2cc[nH]c2)nc2ncccn12. The molecule has 0 aliphatic heterocycles. The first-order chi connectivity index (χ1) is 8.40. The molecule has 3 heterocycles. The van der Waals surface area contributed by atoms with E-state index in [2.05, 4.69) is 15.0 Å². The van der Waals surface area contributed by atoms with Crippen molar-refractivity contribution in [2.24, 2.45) is 5.73 Å². The van der Waals surface area contributed by atoms with Gasteiger partial charge >= 0.3 is 0 Å². The Morgan fingerprint density at radius 2 is 2.35 bits per heavy atom. The Hall–Kier alpha value is -2.14. The van der Waals surface area contributed by atoms with Crippen molar-refractivity contribution in [3.8, 4) is 11.3 Å². The summed E-state index contributed by atoms with van der Waals surface area (Å²) >= 11 is 0. The lowest BCUT2D eigenvalue weighted by Gasteiger charge is -2.01. The van der Waals surface area contributed by atoms with Crippen LogP contribution in [0.5, 0.6) is 0 Å². The molecular weight excluding hydrogens is 214 g/mol. The van der Waals surface area contributed by atoms with Crippen molar-refractivity contribution in [2.45, 2.75) is 6.42 Å². The Kier molecular flexibility index (Phi) is 2.38. The smallest absolute Gasteiger partial charge is 0.234 e. The molecule has 0 spiro atoms. The molecule has 0 bridgehead atoms. The molecule has 0 atom stereocenters. The zero-order valence-electron chi connectivity index (χ0n) is 9.30. The van der Waals surface area contributed by atoms with Crippen LogP contribution in [0.3, 0.4) is 0 Å². The van der Waals surface area contributed by atoms with Gasteiger partial charge in [0.25, 0.3) is 0 Å². The summed E-state index contributed by atoms with van der Waals surface area (Å²) in [5.74, 6) is 0.715. The van der Waals surface area contributed by atoms with E-state index in [1.165, 1.54) is 0 Å². The first-order valence-corrected chi connectivity index (χ1v) is 5.55. The van der Waals surface area contributed by atoms with Crippen LogP contribution in [0.4, 0.5) is 0 Å². The number of hydrogen-bond acceptors (Lipinski definition) is 3. The van der Waals surface area contributed by atoms with Gasteiger partial charge in [-0.3, -0.25) is 4.40 Å². The van der Waals surface area contributed by atoms with E-state index in [9.17, 15) is 0 Å². The van der Waals surface area contributed by atoms with Crippen molar-refractivity contribution in [3.63, 3.8) is 0 Å². The van der Waals surface area contributed by atoms with E-state index >= 15 is 0 Å². The van der Waals surface area contributed by atoms with Crippen LogP contribution < -0.4 is 5.73 Å². The van der Waals surface area contributed by atoms with E-state index in [1.807, 2.05) is 35.1 Å². The maximum absolute atomic E-state index is 5.66. The van der Waals surface area contributed by atoms with Gasteiger partial charge in [0, 0.05) is 36.8 Å². The zero-order chi connectivity index (χ0) is 11.7. The van der Waals surface area contributed by atoms with E-state index < -0.39 is 0 Å². The molecule has 86 valence electrons. The monoisotopic (exact) mass is 227 g/mol. The highest BCUT2D eigenvalue weighted by Gasteiger charge is 2.13. The molecule has 3 N–H and O–H groups in total. The highest BCUT2D eigenvalue weighted by molar-refractivity contribution is 5.64. The molecule has 3 aromatic rings.